The van der Waals surface area contributed by atoms with Crippen molar-refractivity contribution in [3.8, 4) is 91.1 Å². The van der Waals surface area contributed by atoms with Gasteiger partial charge in [0.1, 0.15) is 5.58 Å². The van der Waals surface area contributed by atoms with Gasteiger partial charge in [0.25, 0.3) is 0 Å². The van der Waals surface area contributed by atoms with Gasteiger partial charge in [0, 0.05) is 91.6 Å². The average Bonchev–Trinajstić information content (AvgIpc) is 1.60. The van der Waals surface area contributed by atoms with Gasteiger partial charge in [-0.3, -0.25) is 9.13 Å². The second-order valence-electron chi connectivity index (χ2n) is 28.9. The zero-order valence-corrected chi connectivity index (χ0v) is 61.9. The highest BCUT2D eigenvalue weighted by atomic mass is 32.1. The van der Waals surface area contributed by atoms with Crippen molar-refractivity contribution >= 4 is 141 Å². The summed E-state index contributed by atoms with van der Waals surface area (Å²) >= 11 is 1.87. The van der Waals surface area contributed by atoms with Crippen LogP contribution in [0.5, 0.6) is 0 Å². The monoisotopic (exact) mass is 1470 g/mol. The third kappa shape index (κ3) is 10.5. The van der Waals surface area contributed by atoms with Crippen molar-refractivity contribution in [2.45, 2.75) is 0 Å². The van der Waals surface area contributed by atoms with Gasteiger partial charge in [0.2, 0.25) is 11.9 Å². The topological polar surface area (TPSA) is 110 Å². The van der Waals surface area contributed by atoms with Crippen molar-refractivity contribution in [3.05, 3.63) is 376 Å². The summed E-state index contributed by atoms with van der Waals surface area (Å²) in [6, 6.07) is 132. The fourth-order valence-electron chi connectivity index (χ4n) is 17.2. The number of rotatable bonds is 10. The van der Waals surface area contributed by atoms with E-state index in [1.54, 1.807) is 0 Å². The zero-order valence-electron chi connectivity index (χ0n) is 61.1. The van der Waals surface area contributed by atoms with Gasteiger partial charge in [0.05, 0.1) is 60.2 Å². The van der Waals surface area contributed by atoms with E-state index in [4.69, 9.17) is 34.3 Å². The minimum Gasteiger partial charge on any atom is -0.454 e. The lowest BCUT2D eigenvalue weighted by atomic mass is 10.0. The van der Waals surface area contributed by atoms with Crippen LogP contribution in [-0.4, -0.2) is 48.2 Å². The number of hydrogen-bond donors (Lipinski definition) is 0. The Hall–Kier alpha value is -15.2. The van der Waals surface area contributed by atoms with E-state index in [0.29, 0.717) is 35.2 Å². The van der Waals surface area contributed by atoms with E-state index in [1.807, 2.05) is 145 Å². The molecular formula is C102H62N10OS. The number of hydrogen-bond acceptors (Lipinski definition) is 8. The van der Waals surface area contributed by atoms with Crippen molar-refractivity contribution in [2.75, 3.05) is 0 Å². The minimum atomic E-state index is 0.579. The van der Waals surface area contributed by atoms with Crippen LogP contribution < -0.4 is 0 Å². The fourth-order valence-corrected chi connectivity index (χ4v) is 18.4. The molecule has 12 heteroatoms. The molecular weight excluding hydrogens is 1410 g/mol. The van der Waals surface area contributed by atoms with E-state index in [-0.39, 0.29) is 0 Å². The molecule has 0 unspecified atom stereocenters. The van der Waals surface area contributed by atoms with E-state index in [2.05, 4.69) is 261 Å². The molecule has 0 fully saturated rings. The molecule has 8 heterocycles. The van der Waals surface area contributed by atoms with E-state index in [1.165, 1.54) is 64.0 Å². The maximum atomic E-state index is 6.53. The highest BCUT2D eigenvalue weighted by molar-refractivity contribution is 7.26. The summed E-state index contributed by atoms with van der Waals surface area (Å²) in [5.41, 5.74) is 21.2. The molecule has 114 heavy (non-hydrogen) atoms. The average molecular weight is 1480 g/mol. The lowest BCUT2D eigenvalue weighted by molar-refractivity contribution is 0.666. The minimum absolute atomic E-state index is 0.579. The SMILES string of the molecule is c1ccc(-c2nc(-c3ccccc3)nc(-n3c4ccccc4c4cc(-c5ccc6c(c5)c5ccccc5n6-c5cccc6c5oc5ccccc56)ccc43)n2)cc1.c1ccc(-c2nc(-c3ccccc3)nc(-n3c4ccccc4c4cc(-c5ccc6c(c5)c5ccccc5n6-c5cccc6c5sc5ccccc56)ccc43)n2)cc1. The molecule has 532 valence electrons. The Balaban J connectivity index is 0.000000135. The summed E-state index contributed by atoms with van der Waals surface area (Å²) in [7, 11) is 0. The molecule has 0 aliphatic rings. The van der Waals surface area contributed by atoms with Gasteiger partial charge < -0.3 is 13.6 Å². The van der Waals surface area contributed by atoms with E-state index < -0.39 is 0 Å². The Labute approximate surface area is 656 Å². The standard InChI is InChI=1S/C51H31N5O.C51H31N5S/c2*1-3-14-32(15-4-1)49-52-50(33-16-5-2-6-17-33)54-51(53-49)56-43-23-11-8-19-37(43)41-31-35(27-29-45(41)56)34-26-28-44-40(30-34)36-18-7-10-22-42(36)55(44)46-24-13-21-39-38-20-9-12-25-47(38)57-48(39)46/h2*1-31H. The predicted octanol–water partition coefficient (Wildman–Crippen LogP) is 26.4. The van der Waals surface area contributed by atoms with Crippen LogP contribution in [0.4, 0.5) is 0 Å². The molecule has 0 saturated heterocycles. The van der Waals surface area contributed by atoms with Gasteiger partial charge >= 0.3 is 0 Å². The largest absolute Gasteiger partial charge is 0.454 e. The van der Waals surface area contributed by atoms with Crippen LogP contribution in [0.2, 0.25) is 0 Å². The number of nitrogens with zero attached hydrogens (tertiary/aromatic N) is 10. The first-order chi connectivity index (χ1) is 56.5. The highest BCUT2D eigenvalue weighted by Gasteiger charge is 2.25. The van der Waals surface area contributed by atoms with Crippen LogP contribution in [-0.2, 0) is 0 Å². The second-order valence-corrected chi connectivity index (χ2v) is 29.9. The highest BCUT2D eigenvalue weighted by Crippen LogP contribution is 2.45. The van der Waals surface area contributed by atoms with Crippen molar-refractivity contribution in [3.63, 3.8) is 0 Å². The quantitative estimate of drug-likeness (QED) is 0.134. The summed E-state index contributed by atoms with van der Waals surface area (Å²) in [5, 5.41) is 14.2. The van der Waals surface area contributed by atoms with Gasteiger partial charge in [-0.05, 0) is 119 Å². The Morgan fingerprint density at radius 2 is 0.509 bits per heavy atom. The zero-order chi connectivity index (χ0) is 74.9. The Morgan fingerprint density at radius 3 is 0.930 bits per heavy atom. The predicted molar refractivity (Wildman–Crippen MR) is 470 cm³/mol. The Morgan fingerprint density at radius 1 is 0.202 bits per heavy atom. The summed E-state index contributed by atoms with van der Waals surface area (Å²) in [6.07, 6.45) is 0. The van der Waals surface area contributed by atoms with Gasteiger partial charge in [-0.1, -0.05) is 279 Å². The first kappa shape index (κ1) is 64.7. The molecule has 24 rings (SSSR count). The number of fused-ring (bicyclic) bond motifs is 18. The molecule has 0 aliphatic carbocycles. The number of para-hydroxylation sites is 6. The lowest BCUT2D eigenvalue weighted by Crippen LogP contribution is -2.06. The van der Waals surface area contributed by atoms with Gasteiger partial charge in [-0.15, -0.1) is 11.3 Å². The molecule has 0 saturated carbocycles. The summed E-state index contributed by atoms with van der Waals surface area (Å²) in [6.45, 7) is 0. The van der Waals surface area contributed by atoms with E-state index in [0.717, 1.165) is 121 Å². The fraction of sp³-hybridized carbons (Fsp3) is 0. The third-order valence-corrected chi connectivity index (χ3v) is 23.6. The summed E-state index contributed by atoms with van der Waals surface area (Å²) in [4.78, 5) is 30.3. The van der Waals surface area contributed by atoms with Crippen LogP contribution >= 0.6 is 11.3 Å². The van der Waals surface area contributed by atoms with Crippen molar-refractivity contribution in [1.29, 1.82) is 0 Å². The van der Waals surface area contributed by atoms with Crippen molar-refractivity contribution < 1.29 is 4.42 Å². The molecule has 8 aromatic heterocycles. The van der Waals surface area contributed by atoms with E-state index in [9.17, 15) is 0 Å². The number of benzene rings is 16. The number of aromatic nitrogens is 10. The molecule has 0 N–H and O–H groups in total. The maximum absolute atomic E-state index is 6.53. The maximum Gasteiger partial charge on any atom is 0.238 e. The summed E-state index contributed by atoms with van der Waals surface area (Å²) < 4.78 is 18.3. The third-order valence-electron chi connectivity index (χ3n) is 22.4. The summed E-state index contributed by atoms with van der Waals surface area (Å²) in [5.74, 6) is 3.70. The molecule has 0 amide bonds. The van der Waals surface area contributed by atoms with Crippen LogP contribution in [0.25, 0.3) is 220 Å². The second kappa shape index (κ2) is 26.2. The van der Waals surface area contributed by atoms with Gasteiger partial charge in [-0.25, -0.2) is 9.97 Å². The first-order valence-electron chi connectivity index (χ1n) is 38.2. The first-order valence-corrected chi connectivity index (χ1v) is 39.0. The van der Waals surface area contributed by atoms with Crippen LogP contribution in [0.3, 0.4) is 0 Å². The normalized spacial score (nSPS) is 11.9. The molecule has 0 bridgehead atoms. The molecule has 0 aliphatic heterocycles. The van der Waals surface area contributed by atoms with Crippen LogP contribution in [0.15, 0.2) is 381 Å². The van der Waals surface area contributed by atoms with Gasteiger partial charge in [0.15, 0.2) is 28.9 Å². The molecule has 0 atom stereocenters. The van der Waals surface area contributed by atoms with Gasteiger partial charge in [-0.2, -0.15) is 19.9 Å². The molecule has 24 aromatic rings. The van der Waals surface area contributed by atoms with Crippen molar-refractivity contribution in [1.82, 2.24) is 48.2 Å². The van der Waals surface area contributed by atoms with Crippen LogP contribution in [0, 0.1) is 0 Å². The number of furan rings is 1. The Bertz CT molecular complexity index is 7410. The molecule has 16 aromatic carbocycles. The lowest BCUT2D eigenvalue weighted by Gasteiger charge is -2.11. The Kier molecular flexibility index (Phi) is 14.9. The molecule has 0 radical (unpaired) electrons. The van der Waals surface area contributed by atoms with E-state index >= 15 is 0 Å². The van der Waals surface area contributed by atoms with Crippen LogP contribution in [0.1, 0.15) is 0 Å². The molecule has 11 nitrogen and oxygen atoms in total. The number of thiophene rings is 1. The van der Waals surface area contributed by atoms with Crippen molar-refractivity contribution in [2.24, 2.45) is 0 Å². The molecule has 0 spiro atoms. The smallest absolute Gasteiger partial charge is 0.238 e.